The second-order valence-corrected chi connectivity index (χ2v) is 10.6. The average Bonchev–Trinajstić information content (AvgIpc) is 2.60. The van der Waals surface area contributed by atoms with Gasteiger partial charge in [0.15, 0.2) is 0 Å². The molecule has 0 radical (unpaired) electrons. The maximum atomic E-state index is 14.1. The van der Waals surface area contributed by atoms with Gasteiger partial charge in [0.2, 0.25) is 10.0 Å². The van der Waals surface area contributed by atoms with Crippen molar-refractivity contribution in [3.05, 3.63) is 65.0 Å². The van der Waals surface area contributed by atoms with Gasteiger partial charge in [-0.2, -0.15) is 0 Å². The standard InChI is InChI=1S/C22H29FN2O2S2/c1-15(12-16-6-9-18(10-7-16)22(2,3)4)21(28)24-14-17-8-11-20(19(23)13-17)25-29(5,26)27/h6-11,13,15,25H,12,14H2,1-5H3,(H,24,28). The van der Waals surface area contributed by atoms with Gasteiger partial charge in [-0.05, 0) is 40.7 Å². The van der Waals surface area contributed by atoms with Crippen LogP contribution in [0.25, 0.3) is 0 Å². The number of halogens is 1. The summed E-state index contributed by atoms with van der Waals surface area (Å²) in [6.45, 7) is 9.01. The molecular formula is C22H29FN2O2S2. The van der Waals surface area contributed by atoms with E-state index in [0.717, 1.165) is 12.7 Å². The van der Waals surface area contributed by atoms with E-state index < -0.39 is 15.8 Å². The lowest BCUT2D eigenvalue weighted by Crippen LogP contribution is -2.28. The first-order valence-corrected chi connectivity index (χ1v) is 11.8. The van der Waals surface area contributed by atoms with Crippen molar-refractivity contribution in [1.29, 1.82) is 0 Å². The Kier molecular flexibility index (Phi) is 7.40. The maximum Gasteiger partial charge on any atom is 0.229 e. The quantitative estimate of drug-likeness (QED) is 0.613. The number of sulfonamides is 1. The van der Waals surface area contributed by atoms with Gasteiger partial charge >= 0.3 is 0 Å². The molecule has 0 amide bonds. The topological polar surface area (TPSA) is 58.2 Å². The lowest BCUT2D eigenvalue weighted by atomic mass is 9.86. The molecule has 0 aromatic heterocycles. The lowest BCUT2D eigenvalue weighted by molar-refractivity contribution is 0.589. The molecule has 2 rings (SSSR count). The minimum absolute atomic E-state index is 0.0640. The van der Waals surface area contributed by atoms with Crippen molar-refractivity contribution < 1.29 is 12.8 Å². The molecule has 0 saturated heterocycles. The fourth-order valence-electron chi connectivity index (χ4n) is 2.90. The van der Waals surface area contributed by atoms with Gasteiger partial charge in [-0.3, -0.25) is 4.72 Å². The van der Waals surface area contributed by atoms with Gasteiger partial charge in [0, 0.05) is 12.5 Å². The zero-order valence-electron chi connectivity index (χ0n) is 17.5. The molecular weight excluding hydrogens is 407 g/mol. The molecule has 0 fully saturated rings. The minimum Gasteiger partial charge on any atom is -0.375 e. The minimum atomic E-state index is -3.52. The fourth-order valence-corrected chi connectivity index (χ4v) is 3.62. The Hall–Kier alpha value is -1.99. The molecule has 1 atom stereocenters. The summed E-state index contributed by atoms with van der Waals surface area (Å²) >= 11 is 5.49. The highest BCUT2D eigenvalue weighted by Crippen LogP contribution is 2.23. The summed E-state index contributed by atoms with van der Waals surface area (Å²) in [4.78, 5) is 0.712. The van der Waals surface area contributed by atoms with E-state index in [4.69, 9.17) is 12.2 Å². The molecule has 158 valence electrons. The number of benzene rings is 2. The molecule has 0 aliphatic heterocycles. The van der Waals surface area contributed by atoms with E-state index >= 15 is 0 Å². The normalized spacial score (nSPS) is 13.0. The van der Waals surface area contributed by atoms with Crippen molar-refractivity contribution >= 4 is 32.9 Å². The summed E-state index contributed by atoms with van der Waals surface area (Å²) in [6.07, 6.45) is 1.81. The third-order valence-electron chi connectivity index (χ3n) is 4.61. The van der Waals surface area contributed by atoms with E-state index in [0.29, 0.717) is 17.1 Å². The van der Waals surface area contributed by atoms with Crippen LogP contribution in [0.2, 0.25) is 0 Å². The molecule has 7 heteroatoms. The highest BCUT2D eigenvalue weighted by molar-refractivity contribution is 7.92. The van der Waals surface area contributed by atoms with Crippen LogP contribution in [-0.2, 0) is 28.4 Å². The molecule has 29 heavy (non-hydrogen) atoms. The Morgan fingerprint density at radius 1 is 1.10 bits per heavy atom. The van der Waals surface area contributed by atoms with Gasteiger partial charge in [0.1, 0.15) is 5.82 Å². The molecule has 0 bridgehead atoms. The van der Waals surface area contributed by atoms with E-state index in [9.17, 15) is 12.8 Å². The number of thiocarbonyl (C=S) groups is 1. The van der Waals surface area contributed by atoms with Crippen LogP contribution in [0.5, 0.6) is 0 Å². The molecule has 2 aromatic rings. The van der Waals surface area contributed by atoms with Gasteiger partial charge < -0.3 is 5.32 Å². The number of rotatable bonds is 7. The Labute approximate surface area is 179 Å². The number of nitrogens with one attached hydrogen (secondary N) is 2. The van der Waals surface area contributed by atoms with Crippen LogP contribution in [-0.4, -0.2) is 19.7 Å². The highest BCUT2D eigenvalue weighted by Gasteiger charge is 2.15. The van der Waals surface area contributed by atoms with Gasteiger partial charge in [-0.15, -0.1) is 0 Å². The molecule has 0 heterocycles. The Morgan fingerprint density at radius 2 is 1.69 bits per heavy atom. The van der Waals surface area contributed by atoms with Crippen molar-refractivity contribution in [3.8, 4) is 0 Å². The van der Waals surface area contributed by atoms with Crippen molar-refractivity contribution in [1.82, 2.24) is 5.32 Å². The largest absolute Gasteiger partial charge is 0.375 e. The van der Waals surface area contributed by atoms with Crippen LogP contribution in [0.3, 0.4) is 0 Å². The maximum absolute atomic E-state index is 14.1. The van der Waals surface area contributed by atoms with Crippen LogP contribution in [0.1, 0.15) is 44.4 Å². The Morgan fingerprint density at radius 3 is 2.21 bits per heavy atom. The highest BCUT2D eigenvalue weighted by atomic mass is 32.2. The Bertz CT molecular complexity index is 965. The van der Waals surface area contributed by atoms with Gasteiger partial charge in [0.25, 0.3) is 0 Å². The van der Waals surface area contributed by atoms with Crippen LogP contribution in [0.4, 0.5) is 10.1 Å². The molecule has 0 saturated carbocycles. The van der Waals surface area contributed by atoms with Crippen molar-refractivity contribution in [3.63, 3.8) is 0 Å². The van der Waals surface area contributed by atoms with E-state index in [1.54, 1.807) is 6.07 Å². The van der Waals surface area contributed by atoms with Crippen molar-refractivity contribution in [2.24, 2.45) is 5.92 Å². The first-order chi connectivity index (χ1) is 13.3. The third-order valence-corrected chi connectivity index (χ3v) is 5.74. The summed E-state index contributed by atoms with van der Waals surface area (Å²) < 4.78 is 38.7. The lowest BCUT2D eigenvalue weighted by Gasteiger charge is -2.20. The summed E-state index contributed by atoms with van der Waals surface area (Å²) in [6, 6.07) is 13.0. The number of anilines is 1. The molecule has 2 aromatic carbocycles. The van der Waals surface area contributed by atoms with Crippen molar-refractivity contribution in [2.45, 2.75) is 46.1 Å². The SMILES string of the molecule is CC(Cc1ccc(C(C)(C)C)cc1)C(=S)NCc1ccc(NS(C)(=O)=O)c(F)c1. The van der Waals surface area contributed by atoms with Crippen LogP contribution < -0.4 is 10.0 Å². The molecule has 0 aliphatic carbocycles. The zero-order chi connectivity index (χ0) is 21.8. The summed E-state index contributed by atoms with van der Waals surface area (Å²) in [5.41, 5.74) is 3.27. The summed E-state index contributed by atoms with van der Waals surface area (Å²) in [5, 5.41) is 3.18. The monoisotopic (exact) mass is 436 g/mol. The van der Waals surface area contributed by atoms with Gasteiger partial charge in [-0.1, -0.05) is 70.2 Å². The smallest absolute Gasteiger partial charge is 0.229 e. The average molecular weight is 437 g/mol. The predicted molar refractivity (Wildman–Crippen MR) is 122 cm³/mol. The zero-order valence-corrected chi connectivity index (χ0v) is 19.2. The van der Waals surface area contributed by atoms with Gasteiger partial charge in [-0.25, -0.2) is 12.8 Å². The molecule has 2 N–H and O–H groups in total. The molecule has 4 nitrogen and oxygen atoms in total. The summed E-state index contributed by atoms with van der Waals surface area (Å²) in [7, 11) is -3.52. The molecule has 0 aliphatic rings. The first kappa shape index (κ1) is 23.3. The van der Waals surface area contributed by atoms with E-state index in [1.165, 1.54) is 23.3 Å². The van der Waals surface area contributed by atoms with Crippen LogP contribution >= 0.6 is 12.2 Å². The third kappa shape index (κ3) is 7.40. The predicted octanol–water partition coefficient (Wildman–Crippen LogP) is 4.79. The van der Waals surface area contributed by atoms with Gasteiger partial charge in [0.05, 0.1) is 16.9 Å². The van der Waals surface area contributed by atoms with E-state index in [2.05, 4.69) is 62.0 Å². The second-order valence-electron chi connectivity index (χ2n) is 8.46. The summed E-state index contributed by atoms with van der Waals surface area (Å²) in [5.74, 6) is -0.478. The van der Waals surface area contributed by atoms with Crippen molar-refractivity contribution in [2.75, 3.05) is 11.0 Å². The molecule has 0 spiro atoms. The first-order valence-electron chi connectivity index (χ1n) is 9.48. The van der Waals surface area contributed by atoms with E-state index in [-0.39, 0.29) is 17.0 Å². The fraction of sp³-hybridized carbons (Fsp3) is 0.409. The van der Waals surface area contributed by atoms with Crippen LogP contribution in [0, 0.1) is 11.7 Å². The second kappa shape index (κ2) is 9.22. The number of hydrogen-bond donors (Lipinski definition) is 2. The molecule has 1 unspecified atom stereocenters. The van der Waals surface area contributed by atoms with E-state index in [1.807, 2.05) is 0 Å². The van der Waals surface area contributed by atoms with Crippen LogP contribution in [0.15, 0.2) is 42.5 Å². The number of hydrogen-bond acceptors (Lipinski definition) is 3. The Balaban J connectivity index is 1.92.